The summed E-state index contributed by atoms with van der Waals surface area (Å²) in [6, 6.07) is 8.06. The highest BCUT2D eigenvalue weighted by molar-refractivity contribution is 5.76. The Morgan fingerprint density at radius 1 is 1.15 bits per heavy atom. The minimum absolute atomic E-state index is 0.0667. The van der Waals surface area contributed by atoms with Crippen LogP contribution in [0.15, 0.2) is 24.3 Å². The SMILES string of the molecule is Cc1ccc(OCCN(C)C(=O)CCCNC(=O)NC2CCCCC2)cc1. The van der Waals surface area contributed by atoms with E-state index in [4.69, 9.17) is 4.74 Å². The molecule has 0 bridgehead atoms. The third-order valence-corrected chi connectivity index (χ3v) is 4.94. The van der Waals surface area contributed by atoms with E-state index in [1.165, 1.54) is 24.8 Å². The number of carbonyl (C=O) groups is 2. The molecule has 1 aliphatic rings. The summed E-state index contributed by atoms with van der Waals surface area (Å²) in [6.07, 6.45) is 6.86. The van der Waals surface area contributed by atoms with Crippen molar-refractivity contribution in [1.82, 2.24) is 15.5 Å². The van der Waals surface area contributed by atoms with Crippen LogP contribution >= 0.6 is 0 Å². The third-order valence-electron chi connectivity index (χ3n) is 4.94. The molecule has 0 unspecified atom stereocenters. The molecule has 6 nitrogen and oxygen atoms in total. The summed E-state index contributed by atoms with van der Waals surface area (Å²) in [6.45, 7) is 3.55. The number of likely N-dealkylation sites (N-methyl/N-ethyl adjacent to an activating group) is 1. The Morgan fingerprint density at radius 2 is 1.85 bits per heavy atom. The van der Waals surface area contributed by atoms with E-state index < -0.39 is 0 Å². The van der Waals surface area contributed by atoms with E-state index in [-0.39, 0.29) is 11.9 Å². The number of nitrogens with zero attached hydrogens (tertiary/aromatic N) is 1. The zero-order valence-corrected chi connectivity index (χ0v) is 16.6. The molecule has 1 aromatic carbocycles. The van der Waals surface area contributed by atoms with Crippen molar-refractivity contribution in [3.05, 3.63) is 29.8 Å². The molecule has 0 radical (unpaired) electrons. The fourth-order valence-corrected chi connectivity index (χ4v) is 3.18. The number of nitrogens with one attached hydrogen (secondary N) is 2. The second-order valence-electron chi connectivity index (χ2n) is 7.32. The van der Waals surface area contributed by atoms with Gasteiger partial charge in [0.1, 0.15) is 12.4 Å². The van der Waals surface area contributed by atoms with Crippen LogP contribution in [0, 0.1) is 6.92 Å². The van der Waals surface area contributed by atoms with Gasteiger partial charge in [-0.1, -0.05) is 37.0 Å². The largest absolute Gasteiger partial charge is 0.492 e. The van der Waals surface area contributed by atoms with Gasteiger partial charge < -0.3 is 20.3 Å². The number of aryl methyl sites for hydroxylation is 1. The van der Waals surface area contributed by atoms with Gasteiger partial charge in [-0.2, -0.15) is 0 Å². The van der Waals surface area contributed by atoms with Gasteiger partial charge >= 0.3 is 6.03 Å². The van der Waals surface area contributed by atoms with Crippen molar-refractivity contribution in [1.29, 1.82) is 0 Å². The molecular formula is C21H33N3O3. The lowest BCUT2D eigenvalue weighted by atomic mass is 9.96. The van der Waals surface area contributed by atoms with Gasteiger partial charge in [0, 0.05) is 26.1 Å². The fraction of sp³-hybridized carbons (Fsp3) is 0.619. The average Bonchev–Trinajstić information content (AvgIpc) is 2.67. The van der Waals surface area contributed by atoms with Crippen LogP contribution < -0.4 is 15.4 Å². The molecule has 1 aliphatic carbocycles. The van der Waals surface area contributed by atoms with E-state index in [9.17, 15) is 9.59 Å². The minimum atomic E-state index is -0.116. The maximum absolute atomic E-state index is 12.1. The Kier molecular flexibility index (Phi) is 8.95. The Balaban J connectivity index is 1.52. The molecular weight excluding hydrogens is 342 g/mol. The van der Waals surface area contributed by atoms with Gasteiger partial charge in [-0.3, -0.25) is 4.79 Å². The molecule has 0 saturated heterocycles. The van der Waals surface area contributed by atoms with E-state index in [1.54, 1.807) is 11.9 Å². The maximum atomic E-state index is 12.1. The second kappa shape index (κ2) is 11.5. The summed E-state index contributed by atoms with van der Waals surface area (Å²) < 4.78 is 5.65. The van der Waals surface area contributed by atoms with E-state index in [0.717, 1.165) is 18.6 Å². The molecule has 1 fully saturated rings. The number of rotatable bonds is 9. The van der Waals surface area contributed by atoms with Crippen LogP contribution in [-0.4, -0.2) is 49.6 Å². The van der Waals surface area contributed by atoms with Crippen LogP contribution in [-0.2, 0) is 4.79 Å². The van der Waals surface area contributed by atoms with Crippen molar-refractivity contribution in [2.45, 2.75) is 57.9 Å². The van der Waals surface area contributed by atoms with E-state index in [1.807, 2.05) is 31.2 Å². The number of hydrogen-bond donors (Lipinski definition) is 2. The molecule has 0 aliphatic heterocycles. The summed E-state index contributed by atoms with van der Waals surface area (Å²) >= 11 is 0. The fourth-order valence-electron chi connectivity index (χ4n) is 3.18. The van der Waals surface area contributed by atoms with Crippen LogP contribution in [0.2, 0.25) is 0 Å². The molecule has 1 aromatic rings. The smallest absolute Gasteiger partial charge is 0.315 e. The molecule has 0 spiro atoms. The summed E-state index contributed by atoms with van der Waals surface area (Å²) in [5.41, 5.74) is 1.19. The number of benzene rings is 1. The monoisotopic (exact) mass is 375 g/mol. The first-order chi connectivity index (χ1) is 13.0. The quantitative estimate of drug-likeness (QED) is 0.651. The molecule has 0 atom stereocenters. The standard InChI is InChI=1S/C21H33N3O3/c1-17-10-12-19(13-11-17)27-16-15-24(2)20(25)9-6-14-22-21(26)23-18-7-4-3-5-8-18/h10-13,18H,3-9,14-16H2,1-2H3,(H2,22,23,26). The number of hydrogen-bond acceptors (Lipinski definition) is 3. The van der Waals surface area contributed by atoms with Crippen LogP contribution in [0.4, 0.5) is 4.79 Å². The van der Waals surface area contributed by atoms with Crippen molar-refractivity contribution in [2.24, 2.45) is 0 Å². The predicted octanol–water partition coefficient (Wildman–Crippen LogP) is 3.24. The van der Waals surface area contributed by atoms with Gasteiger partial charge in [-0.05, 0) is 38.3 Å². The minimum Gasteiger partial charge on any atom is -0.492 e. The van der Waals surface area contributed by atoms with Gasteiger partial charge in [-0.15, -0.1) is 0 Å². The topological polar surface area (TPSA) is 70.7 Å². The van der Waals surface area contributed by atoms with Gasteiger partial charge in [0.25, 0.3) is 0 Å². The summed E-state index contributed by atoms with van der Waals surface area (Å²) in [4.78, 5) is 25.7. The summed E-state index contributed by atoms with van der Waals surface area (Å²) in [7, 11) is 1.78. The molecule has 0 heterocycles. The third kappa shape index (κ3) is 8.33. The van der Waals surface area contributed by atoms with Crippen LogP contribution in [0.5, 0.6) is 5.75 Å². The predicted molar refractivity (Wildman–Crippen MR) is 107 cm³/mol. The maximum Gasteiger partial charge on any atom is 0.315 e. The van der Waals surface area contributed by atoms with Crippen molar-refractivity contribution in [3.8, 4) is 5.75 Å². The number of ether oxygens (including phenoxy) is 1. The molecule has 27 heavy (non-hydrogen) atoms. The molecule has 2 N–H and O–H groups in total. The highest BCUT2D eigenvalue weighted by Gasteiger charge is 2.15. The second-order valence-corrected chi connectivity index (χ2v) is 7.32. The Bertz CT molecular complexity index is 583. The first kappa shape index (κ1) is 21.1. The molecule has 2 rings (SSSR count). The van der Waals surface area contributed by atoms with Gasteiger partial charge in [0.2, 0.25) is 5.91 Å². The van der Waals surface area contributed by atoms with Crippen molar-refractivity contribution in [3.63, 3.8) is 0 Å². The van der Waals surface area contributed by atoms with Crippen LogP contribution in [0.3, 0.4) is 0 Å². The molecule has 1 saturated carbocycles. The van der Waals surface area contributed by atoms with E-state index in [0.29, 0.717) is 38.6 Å². The van der Waals surface area contributed by atoms with Gasteiger partial charge in [0.15, 0.2) is 0 Å². The van der Waals surface area contributed by atoms with Crippen LogP contribution in [0.25, 0.3) is 0 Å². The zero-order chi connectivity index (χ0) is 19.5. The van der Waals surface area contributed by atoms with Crippen molar-refractivity contribution >= 4 is 11.9 Å². The Morgan fingerprint density at radius 3 is 2.56 bits per heavy atom. The first-order valence-electron chi connectivity index (χ1n) is 10.0. The highest BCUT2D eigenvalue weighted by Crippen LogP contribution is 2.17. The van der Waals surface area contributed by atoms with Crippen LogP contribution in [0.1, 0.15) is 50.5 Å². The Hall–Kier alpha value is -2.24. The van der Waals surface area contributed by atoms with Crippen molar-refractivity contribution < 1.29 is 14.3 Å². The zero-order valence-electron chi connectivity index (χ0n) is 16.6. The normalized spacial score (nSPS) is 14.4. The lowest BCUT2D eigenvalue weighted by Gasteiger charge is -2.23. The summed E-state index contributed by atoms with van der Waals surface area (Å²) in [5, 5.41) is 5.86. The van der Waals surface area contributed by atoms with E-state index in [2.05, 4.69) is 10.6 Å². The Labute approximate surface area is 162 Å². The number of urea groups is 1. The van der Waals surface area contributed by atoms with Crippen molar-refractivity contribution in [2.75, 3.05) is 26.7 Å². The number of amides is 3. The first-order valence-corrected chi connectivity index (χ1v) is 10.0. The summed E-state index contributed by atoms with van der Waals surface area (Å²) in [5.74, 6) is 0.881. The molecule has 3 amide bonds. The van der Waals surface area contributed by atoms with Gasteiger partial charge in [0.05, 0.1) is 6.54 Å². The lowest BCUT2D eigenvalue weighted by molar-refractivity contribution is -0.130. The van der Waals surface area contributed by atoms with Gasteiger partial charge in [-0.25, -0.2) is 4.79 Å². The number of carbonyl (C=O) groups excluding carboxylic acids is 2. The average molecular weight is 376 g/mol. The highest BCUT2D eigenvalue weighted by atomic mass is 16.5. The molecule has 0 aromatic heterocycles. The molecule has 6 heteroatoms. The molecule has 150 valence electrons. The lowest BCUT2D eigenvalue weighted by Crippen LogP contribution is -2.43. The van der Waals surface area contributed by atoms with E-state index >= 15 is 0 Å².